The lowest BCUT2D eigenvalue weighted by atomic mass is 10.0. The zero-order chi connectivity index (χ0) is 25.0. The summed E-state index contributed by atoms with van der Waals surface area (Å²) in [4.78, 5) is 20.4. The largest absolute Gasteiger partial charge is 0.433 e. The van der Waals surface area contributed by atoms with E-state index >= 15 is 0 Å². The third-order valence-corrected chi connectivity index (χ3v) is 5.90. The molecule has 0 atom stereocenters. The van der Waals surface area contributed by atoms with E-state index in [9.17, 15) is 18.0 Å². The number of halogens is 3. The van der Waals surface area contributed by atoms with Gasteiger partial charge in [0.05, 0.1) is 11.4 Å². The lowest BCUT2D eigenvalue weighted by Gasteiger charge is -2.36. The number of nitrogen functional groups attached to an aromatic ring is 1. The van der Waals surface area contributed by atoms with Gasteiger partial charge in [0.1, 0.15) is 11.5 Å². The standard InChI is InChI=1S/C26H26F3N5O/c1-18(19-9-11-20(12-10-19)25(35)31-22-6-3-2-5-21(22)30)17-33-13-15-34(16-14-33)24-8-4-7-23(32-24)26(27,28)29/h2-12H,1,13-17,30H2,(H,31,35). The van der Waals surface area contributed by atoms with Crippen molar-refractivity contribution in [3.63, 3.8) is 0 Å². The quantitative estimate of drug-likeness (QED) is 0.496. The first-order chi connectivity index (χ1) is 16.7. The van der Waals surface area contributed by atoms with Crippen molar-refractivity contribution in [1.82, 2.24) is 9.88 Å². The van der Waals surface area contributed by atoms with Gasteiger partial charge in [0, 0.05) is 38.3 Å². The van der Waals surface area contributed by atoms with Crippen molar-refractivity contribution in [3.8, 4) is 0 Å². The smallest absolute Gasteiger partial charge is 0.397 e. The Kier molecular flexibility index (Phi) is 7.07. The number of nitrogens with two attached hydrogens (primary N) is 1. The van der Waals surface area contributed by atoms with Crippen molar-refractivity contribution in [2.24, 2.45) is 0 Å². The van der Waals surface area contributed by atoms with E-state index in [1.807, 2.05) is 17.0 Å². The first-order valence-electron chi connectivity index (χ1n) is 11.2. The second-order valence-electron chi connectivity index (χ2n) is 8.36. The van der Waals surface area contributed by atoms with Crippen LogP contribution in [-0.2, 0) is 6.18 Å². The lowest BCUT2D eigenvalue weighted by molar-refractivity contribution is -0.141. The zero-order valence-corrected chi connectivity index (χ0v) is 19.1. The summed E-state index contributed by atoms with van der Waals surface area (Å²) in [5.41, 5.74) is 8.38. The number of hydrogen-bond acceptors (Lipinski definition) is 5. The van der Waals surface area contributed by atoms with Crippen LogP contribution in [0.4, 0.5) is 30.4 Å². The average Bonchev–Trinajstić information content (AvgIpc) is 2.85. The Hall–Kier alpha value is -3.85. The number of nitrogens with zero attached hydrogens (tertiary/aromatic N) is 3. The highest BCUT2D eigenvalue weighted by Crippen LogP contribution is 2.29. The molecule has 0 unspecified atom stereocenters. The number of piperazine rings is 1. The topological polar surface area (TPSA) is 74.5 Å². The van der Waals surface area contributed by atoms with Crippen LogP contribution in [0.25, 0.3) is 5.57 Å². The van der Waals surface area contributed by atoms with Crippen molar-refractivity contribution in [3.05, 3.63) is 90.1 Å². The van der Waals surface area contributed by atoms with Crippen LogP contribution in [0.5, 0.6) is 0 Å². The molecule has 0 aliphatic carbocycles. The number of pyridine rings is 1. The number of carbonyl (C=O) groups excluding carboxylic acids is 1. The summed E-state index contributed by atoms with van der Waals surface area (Å²) in [5, 5.41) is 2.80. The molecule has 35 heavy (non-hydrogen) atoms. The Balaban J connectivity index is 1.30. The average molecular weight is 482 g/mol. The molecular formula is C26H26F3N5O. The molecule has 0 saturated carbocycles. The summed E-state index contributed by atoms with van der Waals surface area (Å²) in [6, 6.07) is 18.2. The predicted octanol–water partition coefficient (Wildman–Crippen LogP) is 4.77. The maximum absolute atomic E-state index is 13.0. The summed E-state index contributed by atoms with van der Waals surface area (Å²) in [5.74, 6) is 0.0869. The number of amides is 1. The first kappa shape index (κ1) is 24.3. The third-order valence-electron chi connectivity index (χ3n) is 5.90. The van der Waals surface area contributed by atoms with Crippen LogP contribution in [0, 0.1) is 0 Å². The van der Waals surface area contributed by atoms with E-state index < -0.39 is 11.9 Å². The number of rotatable bonds is 6. The van der Waals surface area contributed by atoms with E-state index in [1.165, 1.54) is 6.07 Å². The Labute approximate surface area is 201 Å². The normalized spacial score (nSPS) is 14.5. The van der Waals surface area contributed by atoms with Gasteiger partial charge in [0.25, 0.3) is 5.91 Å². The molecule has 0 radical (unpaired) electrons. The highest BCUT2D eigenvalue weighted by molar-refractivity contribution is 6.05. The van der Waals surface area contributed by atoms with E-state index in [-0.39, 0.29) is 5.91 Å². The Morgan fingerprint density at radius 2 is 1.60 bits per heavy atom. The summed E-state index contributed by atoms with van der Waals surface area (Å²) in [6.45, 7) is 7.30. The fraction of sp³-hybridized carbons (Fsp3) is 0.231. The van der Waals surface area contributed by atoms with E-state index in [0.717, 1.165) is 17.2 Å². The third kappa shape index (κ3) is 5.99. The minimum Gasteiger partial charge on any atom is -0.397 e. The highest BCUT2D eigenvalue weighted by Gasteiger charge is 2.33. The Morgan fingerprint density at radius 1 is 0.943 bits per heavy atom. The monoisotopic (exact) mass is 481 g/mol. The van der Waals surface area contributed by atoms with Crippen molar-refractivity contribution in [1.29, 1.82) is 0 Å². The fourth-order valence-corrected chi connectivity index (χ4v) is 3.92. The molecule has 0 bridgehead atoms. The van der Waals surface area contributed by atoms with E-state index in [1.54, 1.807) is 42.5 Å². The Morgan fingerprint density at radius 3 is 2.26 bits per heavy atom. The number of benzene rings is 2. The molecule has 2 heterocycles. The molecule has 0 spiro atoms. The van der Waals surface area contributed by atoms with Crippen molar-refractivity contribution < 1.29 is 18.0 Å². The fourth-order valence-electron chi connectivity index (χ4n) is 3.92. The molecule has 1 aromatic heterocycles. The van der Waals surface area contributed by atoms with Gasteiger partial charge in [0.15, 0.2) is 0 Å². The number of anilines is 3. The van der Waals surface area contributed by atoms with Gasteiger partial charge in [-0.2, -0.15) is 13.2 Å². The minimum atomic E-state index is -4.46. The van der Waals surface area contributed by atoms with Crippen LogP contribution in [0.1, 0.15) is 21.6 Å². The molecule has 1 saturated heterocycles. The van der Waals surface area contributed by atoms with Crippen LogP contribution >= 0.6 is 0 Å². The molecule has 9 heteroatoms. The number of carbonyl (C=O) groups is 1. The van der Waals surface area contributed by atoms with E-state index in [0.29, 0.717) is 55.5 Å². The van der Waals surface area contributed by atoms with E-state index in [2.05, 4.69) is 21.8 Å². The molecule has 4 rings (SSSR count). The van der Waals surface area contributed by atoms with Gasteiger partial charge in [-0.05, 0) is 47.5 Å². The van der Waals surface area contributed by atoms with Gasteiger partial charge >= 0.3 is 6.18 Å². The van der Waals surface area contributed by atoms with Crippen molar-refractivity contribution in [2.75, 3.05) is 48.7 Å². The van der Waals surface area contributed by atoms with Gasteiger partial charge in [-0.25, -0.2) is 4.98 Å². The number of aromatic nitrogens is 1. The second kappa shape index (κ2) is 10.2. The molecule has 3 aromatic rings. The van der Waals surface area contributed by atoms with E-state index in [4.69, 9.17) is 5.73 Å². The molecule has 1 amide bonds. The SMILES string of the molecule is C=C(CN1CCN(c2cccc(C(F)(F)F)n2)CC1)c1ccc(C(=O)Nc2ccccc2N)cc1. The van der Waals surface area contributed by atoms with Gasteiger partial charge in [0.2, 0.25) is 0 Å². The predicted molar refractivity (Wildman–Crippen MR) is 132 cm³/mol. The Bertz CT molecular complexity index is 1200. The highest BCUT2D eigenvalue weighted by atomic mass is 19.4. The zero-order valence-electron chi connectivity index (χ0n) is 19.1. The summed E-state index contributed by atoms with van der Waals surface area (Å²) in [6.07, 6.45) is -4.46. The maximum Gasteiger partial charge on any atom is 0.433 e. The molecule has 1 fully saturated rings. The van der Waals surface area contributed by atoms with Crippen molar-refractivity contribution in [2.45, 2.75) is 6.18 Å². The van der Waals surface area contributed by atoms with Crippen LogP contribution in [0.3, 0.4) is 0 Å². The van der Waals surface area contributed by atoms with Crippen molar-refractivity contribution >= 4 is 28.7 Å². The van der Waals surface area contributed by atoms with Gasteiger partial charge in [-0.3, -0.25) is 9.69 Å². The minimum absolute atomic E-state index is 0.251. The molecule has 1 aliphatic heterocycles. The summed E-state index contributed by atoms with van der Waals surface area (Å²) in [7, 11) is 0. The van der Waals surface area contributed by atoms with Crippen LogP contribution in [0.2, 0.25) is 0 Å². The van der Waals surface area contributed by atoms with Gasteiger partial charge in [-0.1, -0.05) is 36.9 Å². The van der Waals surface area contributed by atoms with Crippen LogP contribution in [-0.4, -0.2) is 48.5 Å². The molecule has 1 aliphatic rings. The van der Waals surface area contributed by atoms with Crippen LogP contribution < -0.4 is 16.0 Å². The number of alkyl halides is 3. The first-order valence-corrected chi connectivity index (χ1v) is 11.2. The number of nitrogens with one attached hydrogen (secondary N) is 1. The molecule has 182 valence electrons. The molecule has 2 aromatic carbocycles. The number of para-hydroxylation sites is 2. The number of hydrogen-bond donors (Lipinski definition) is 2. The van der Waals surface area contributed by atoms with Crippen LogP contribution in [0.15, 0.2) is 73.3 Å². The van der Waals surface area contributed by atoms with Gasteiger partial charge in [-0.15, -0.1) is 0 Å². The van der Waals surface area contributed by atoms with Gasteiger partial charge < -0.3 is 16.0 Å². The molecule has 6 nitrogen and oxygen atoms in total. The lowest BCUT2D eigenvalue weighted by Crippen LogP contribution is -2.47. The summed E-state index contributed by atoms with van der Waals surface area (Å²) < 4.78 is 38.9. The maximum atomic E-state index is 13.0. The summed E-state index contributed by atoms with van der Waals surface area (Å²) >= 11 is 0. The second-order valence-corrected chi connectivity index (χ2v) is 8.36. The molecule has 3 N–H and O–H groups in total. The molecular weight excluding hydrogens is 455 g/mol.